The van der Waals surface area contributed by atoms with Crippen LogP contribution in [0.25, 0.3) is 0 Å². The number of benzene rings is 2. The van der Waals surface area contributed by atoms with Gasteiger partial charge in [0, 0.05) is 6.07 Å². The molecule has 0 saturated heterocycles. The number of ether oxygens (including phenoxy) is 2. The number of nitrogens with zero attached hydrogens (tertiary/aromatic N) is 1. The van der Waals surface area contributed by atoms with Crippen molar-refractivity contribution in [2.75, 3.05) is 13.7 Å². The van der Waals surface area contributed by atoms with Crippen molar-refractivity contribution in [2.24, 2.45) is 5.92 Å². The van der Waals surface area contributed by atoms with Crippen molar-refractivity contribution in [1.29, 1.82) is 0 Å². The minimum atomic E-state index is -0.530. The number of methoxy groups -OCH3 is 1. The van der Waals surface area contributed by atoms with E-state index in [1.165, 1.54) is 30.9 Å². The monoisotopic (exact) mass is 386 g/mol. The number of nitro groups is 1. The highest BCUT2D eigenvalue weighted by molar-refractivity contribution is 5.78. The Morgan fingerprint density at radius 2 is 1.79 bits per heavy atom. The summed E-state index contributed by atoms with van der Waals surface area (Å²) in [6.45, 7) is 5.97. The fraction of sp³-hybridized carbons (Fsp3) is 0.381. The van der Waals surface area contributed by atoms with E-state index in [0.29, 0.717) is 11.7 Å². The van der Waals surface area contributed by atoms with Gasteiger partial charge < -0.3 is 14.8 Å². The summed E-state index contributed by atoms with van der Waals surface area (Å²) in [5, 5.41) is 13.8. The molecular formula is C21H26N2O5. The maximum atomic E-state index is 12.2. The molecule has 1 unspecified atom stereocenters. The average molecular weight is 386 g/mol. The molecule has 0 spiro atoms. The van der Waals surface area contributed by atoms with Crippen molar-refractivity contribution >= 4 is 11.6 Å². The van der Waals surface area contributed by atoms with Gasteiger partial charge in [-0.1, -0.05) is 38.1 Å². The van der Waals surface area contributed by atoms with Crippen LogP contribution in [0.1, 0.15) is 37.9 Å². The minimum absolute atomic E-state index is 0.133. The summed E-state index contributed by atoms with van der Waals surface area (Å²) in [6.07, 6.45) is 1.01. The van der Waals surface area contributed by atoms with E-state index in [4.69, 9.17) is 9.47 Å². The van der Waals surface area contributed by atoms with Gasteiger partial charge in [0.15, 0.2) is 18.1 Å². The Hall–Kier alpha value is -3.09. The second kappa shape index (κ2) is 9.73. The highest BCUT2D eigenvalue weighted by atomic mass is 16.6. The third kappa shape index (κ3) is 5.97. The second-order valence-electron chi connectivity index (χ2n) is 7.01. The summed E-state index contributed by atoms with van der Waals surface area (Å²) in [4.78, 5) is 22.6. The molecule has 0 radical (unpaired) electrons. The summed E-state index contributed by atoms with van der Waals surface area (Å²) in [7, 11) is 1.43. The van der Waals surface area contributed by atoms with Gasteiger partial charge in [0.1, 0.15) is 0 Å². The van der Waals surface area contributed by atoms with E-state index >= 15 is 0 Å². The van der Waals surface area contributed by atoms with Gasteiger partial charge in [0.2, 0.25) is 0 Å². The lowest BCUT2D eigenvalue weighted by molar-refractivity contribution is -0.385. The van der Waals surface area contributed by atoms with Crippen molar-refractivity contribution in [3.63, 3.8) is 0 Å². The molecule has 7 nitrogen and oxygen atoms in total. The molecule has 0 heterocycles. The topological polar surface area (TPSA) is 90.7 Å². The third-order valence-electron chi connectivity index (χ3n) is 4.22. The quantitative estimate of drug-likeness (QED) is 0.518. The van der Waals surface area contributed by atoms with Gasteiger partial charge in [-0.3, -0.25) is 14.9 Å². The molecule has 0 bridgehead atoms. The Kier molecular flexibility index (Phi) is 7.37. The maximum Gasteiger partial charge on any atom is 0.273 e. The fourth-order valence-electron chi connectivity index (χ4n) is 2.82. The lowest BCUT2D eigenvalue weighted by Crippen LogP contribution is -2.31. The standard InChI is InChI=1S/C21H26N2O5/c1-14(2)11-16-5-7-17(8-6-16)15(3)22-21(24)13-28-20-12-18(23(25)26)9-10-19(20)27-4/h5-10,12,14-15H,11,13H2,1-4H3,(H,22,24). The predicted octanol–water partition coefficient (Wildman–Crippen LogP) is 4.06. The van der Waals surface area contributed by atoms with Crippen LogP contribution < -0.4 is 14.8 Å². The van der Waals surface area contributed by atoms with Crippen LogP contribution in [-0.4, -0.2) is 24.5 Å². The number of nitrogens with one attached hydrogen (secondary N) is 1. The first kappa shape index (κ1) is 21.2. The van der Waals surface area contributed by atoms with E-state index in [-0.39, 0.29) is 30.0 Å². The summed E-state index contributed by atoms with van der Waals surface area (Å²) in [6, 6.07) is 12.0. The average Bonchev–Trinajstić information content (AvgIpc) is 2.66. The number of hydrogen-bond donors (Lipinski definition) is 1. The van der Waals surface area contributed by atoms with E-state index in [2.05, 4.69) is 31.3 Å². The van der Waals surface area contributed by atoms with Crippen LogP contribution in [0, 0.1) is 16.0 Å². The van der Waals surface area contributed by atoms with Crippen molar-refractivity contribution in [3.8, 4) is 11.5 Å². The Morgan fingerprint density at radius 3 is 2.36 bits per heavy atom. The molecule has 0 aromatic heterocycles. The molecule has 2 aromatic carbocycles. The SMILES string of the molecule is COc1ccc([N+](=O)[O-])cc1OCC(=O)NC(C)c1ccc(CC(C)C)cc1. The Balaban J connectivity index is 1.95. The molecule has 28 heavy (non-hydrogen) atoms. The van der Waals surface area contributed by atoms with Crippen molar-refractivity contribution in [1.82, 2.24) is 5.32 Å². The summed E-state index contributed by atoms with van der Waals surface area (Å²) >= 11 is 0. The maximum absolute atomic E-state index is 12.2. The van der Waals surface area contributed by atoms with Crippen LogP contribution in [0.3, 0.4) is 0 Å². The smallest absolute Gasteiger partial charge is 0.273 e. The molecule has 2 aromatic rings. The molecular weight excluding hydrogens is 360 g/mol. The molecule has 0 aliphatic rings. The number of carbonyl (C=O) groups excluding carboxylic acids is 1. The van der Waals surface area contributed by atoms with Crippen LogP contribution in [0.15, 0.2) is 42.5 Å². The largest absolute Gasteiger partial charge is 0.493 e. The Bertz CT molecular complexity index is 818. The normalized spacial score (nSPS) is 11.8. The number of amides is 1. The highest BCUT2D eigenvalue weighted by Crippen LogP contribution is 2.31. The van der Waals surface area contributed by atoms with Crippen molar-refractivity contribution in [3.05, 3.63) is 63.7 Å². The van der Waals surface area contributed by atoms with Crippen LogP contribution in [0.4, 0.5) is 5.69 Å². The Morgan fingerprint density at radius 1 is 1.11 bits per heavy atom. The van der Waals surface area contributed by atoms with E-state index in [1.807, 2.05) is 19.1 Å². The molecule has 0 aliphatic heterocycles. The molecule has 7 heteroatoms. The summed E-state index contributed by atoms with van der Waals surface area (Å²) < 4.78 is 10.6. The third-order valence-corrected chi connectivity index (χ3v) is 4.22. The molecule has 150 valence electrons. The minimum Gasteiger partial charge on any atom is -0.493 e. The van der Waals surface area contributed by atoms with Gasteiger partial charge >= 0.3 is 0 Å². The lowest BCUT2D eigenvalue weighted by atomic mass is 10.00. The number of hydrogen-bond acceptors (Lipinski definition) is 5. The van der Waals surface area contributed by atoms with Crippen LogP contribution in [0.5, 0.6) is 11.5 Å². The van der Waals surface area contributed by atoms with Crippen LogP contribution >= 0.6 is 0 Å². The Labute approximate surface area is 164 Å². The number of rotatable bonds is 9. The van der Waals surface area contributed by atoms with Gasteiger partial charge in [-0.25, -0.2) is 0 Å². The molecule has 2 rings (SSSR count). The van der Waals surface area contributed by atoms with E-state index in [1.54, 1.807) is 0 Å². The fourth-order valence-corrected chi connectivity index (χ4v) is 2.82. The van der Waals surface area contributed by atoms with Gasteiger partial charge in [-0.05, 0) is 36.5 Å². The zero-order valence-corrected chi connectivity index (χ0v) is 16.6. The summed E-state index contributed by atoms with van der Waals surface area (Å²) in [5.74, 6) is 0.739. The molecule has 1 atom stereocenters. The second-order valence-corrected chi connectivity index (χ2v) is 7.01. The van der Waals surface area contributed by atoms with Crippen molar-refractivity contribution < 1.29 is 19.2 Å². The van der Waals surface area contributed by atoms with Crippen molar-refractivity contribution in [2.45, 2.75) is 33.2 Å². The van der Waals surface area contributed by atoms with Gasteiger partial charge in [-0.15, -0.1) is 0 Å². The van der Waals surface area contributed by atoms with E-state index in [0.717, 1.165) is 12.0 Å². The van der Waals surface area contributed by atoms with Gasteiger partial charge in [-0.2, -0.15) is 0 Å². The number of carbonyl (C=O) groups is 1. The van der Waals surface area contributed by atoms with Gasteiger partial charge in [0.05, 0.1) is 24.1 Å². The lowest BCUT2D eigenvalue weighted by Gasteiger charge is -2.16. The first-order valence-corrected chi connectivity index (χ1v) is 9.13. The molecule has 0 fully saturated rings. The molecule has 1 N–H and O–H groups in total. The summed E-state index contributed by atoms with van der Waals surface area (Å²) in [5.41, 5.74) is 2.12. The van der Waals surface area contributed by atoms with E-state index in [9.17, 15) is 14.9 Å². The van der Waals surface area contributed by atoms with Gasteiger partial charge in [0.25, 0.3) is 11.6 Å². The zero-order valence-electron chi connectivity index (χ0n) is 16.6. The number of nitro benzene ring substituents is 1. The first-order chi connectivity index (χ1) is 13.3. The van der Waals surface area contributed by atoms with Crippen LogP contribution in [-0.2, 0) is 11.2 Å². The predicted molar refractivity (Wildman–Crippen MR) is 107 cm³/mol. The number of non-ortho nitro benzene ring substituents is 1. The molecule has 0 aliphatic carbocycles. The zero-order chi connectivity index (χ0) is 20.7. The molecule has 1 amide bonds. The van der Waals surface area contributed by atoms with Crippen LogP contribution in [0.2, 0.25) is 0 Å². The molecule has 0 saturated carbocycles. The highest BCUT2D eigenvalue weighted by Gasteiger charge is 2.15. The first-order valence-electron chi connectivity index (χ1n) is 9.13. The van der Waals surface area contributed by atoms with E-state index < -0.39 is 4.92 Å².